The molecule has 1 atom stereocenters. The number of aromatic nitrogens is 2. The highest BCUT2D eigenvalue weighted by molar-refractivity contribution is 5.30. The SMILES string of the molecule is Cn1cc(CNC2CCc3ccccc3C2)cn1. The van der Waals surface area contributed by atoms with Crippen molar-refractivity contribution >= 4 is 0 Å². The van der Waals surface area contributed by atoms with Crippen LogP contribution in [0.1, 0.15) is 23.1 Å². The molecule has 2 aromatic rings. The van der Waals surface area contributed by atoms with Gasteiger partial charge in [0.2, 0.25) is 0 Å². The molecule has 1 aliphatic rings. The third kappa shape index (κ3) is 2.46. The fourth-order valence-corrected chi connectivity index (χ4v) is 2.70. The number of fused-ring (bicyclic) bond motifs is 1. The molecule has 1 aromatic carbocycles. The Labute approximate surface area is 108 Å². The van der Waals surface area contributed by atoms with E-state index in [0.717, 1.165) is 13.0 Å². The van der Waals surface area contributed by atoms with Crippen LogP contribution in [-0.4, -0.2) is 15.8 Å². The zero-order valence-corrected chi connectivity index (χ0v) is 10.8. The number of hydrogen-bond acceptors (Lipinski definition) is 2. The molecule has 0 saturated carbocycles. The molecule has 3 rings (SSSR count). The topological polar surface area (TPSA) is 29.9 Å². The van der Waals surface area contributed by atoms with E-state index in [4.69, 9.17) is 0 Å². The number of benzene rings is 1. The van der Waals surface area contributed by atoms with Gasteiger partial charge in [-0.1, -0.05) is 24.3 Å². The Morgan fingerprint density at radius 1 is 1.33 bits per heavy atom. The molecular formula is C15H19N3. The monoisotopic (exact) mass is 241 g/mol. The lowest BCUT2D eigenvalue weighted by Crippen LogP contribution is -2.33. The lowest BCUT2D eigenvalue weighted by atomic mass is 9.88. The van der Waals surface area contributed by atoms with Crippen molar-refractivity contribution < 1.29 is 0 Å². The third-order valence-corrected chi connectivity index (χ3v) is 3.70. The summed E-state index contributed by atoms with van der Waals surface area (Å²) >= 11 is 0. The van der Waals surface area contributed by atoms with Crippen LogP contribution in [-0.2, 0) is 26.4 Å². The van der Waals surface area contributed by atoms with Crippen LogP contribution in [0.3, 0.4) is 0 Å². The smallest absolute Gasteiger partial charge is 0.0534 e. The first-order valence-electron chi connectivity index (χ1n) is 6.59. The van der Waals surface area contributed by atoms with E-state index in [1.165, 1.54) is 29.5 Å². The average molecular weight is 241 g/mol. The van der Waals surface area contributed by atoms with Crippen molar-refractivity contribution in [3.05, 3.63) is 53.3 Å². The summed E-state index contributed by atoms with van der Waals surface area (Å²) in [5, 5.41) is 7.83. The molecule has 1 aromatic heterocycles. The lowest BCUT2D eigenvalue weighted by Gasteiger charge is -2.25. The fraction of sp³-hybridized carbons (Fsp3) is 0.400. The minimum atomic E-state index is 0.597. The average Bonchev–Trinajstić information content (AvgIpc) is 2.82. The predicted octanol–water partition coefficient (Wildman–Crippen LogP) is 2.07. The second-order valence-corrected chi connectivity index (χ2v) is 5.11. The van der Waals surface area contributed by atoms with Gasteiger partial charge in [0, 0.05) is 31.4 Å². The van der Waals surface area contributed by atoms with Gasteiger partial charge >= 0.3 is 0 Å². The summed E-state index contributed by atoms with van der Waals surface area (Å²) in [6.07, 6.45) is 7.59. The molecule has 0 radical (unpaired) electrons. The van der Waals surface area contributed by atoms with Gasteiger partial charge in [-0.3, -0.25) is 4.68 Å². The number of nitrogens with one attached hydrogen (secondary N) is 1. The van der Waals surface area contributed by atoms with Crippen molar-refractivity contribution in [2.75, 3.05) is 0 Å². The maximum absolute atomic E-state index is 4.19. The van der Waals surface area contributed by atoms with E-state index in [1.54, 1.807) is 0 Å². The first-order valence-corrected chi connectivity index (χ1v) is 6.59. The molecule has 0 bridgehead atoms. The van der Waals surface area contributed by atoms with Gasteiger partial charge in [0.05, 0.1) is 6.20 Å². The zero-order valence-electron chi connectivity index (χ0n) is 10.8. The van der Waals surface area contributed by atoms with Crippen LogP contribution in [0.4, 0.5) is 0 Å². The van der Waals surface area contributed by atoms with Crippen LogP contribution in [0.25, 0.3) is 0 Å². The van der Waals surface area contributed by atoms with E-state index in [-0.39, 0.29) is 0 Å². The highest BCUT2D eigenvalue weighted by atomic mass is 15.2. The molecule has 1 N–H and O–H groups in total. The van der Waals surface area contributed by atoms with Crippen LogP contribution in [0.5, 0.6) is 0 Å². The van der Waals surface area contributed by atoms with E-state index in [2.05, 4.69) is 40.9 Å². The fourth-order valence-electron chi connectivity index (χ4n) is 2.70. The van der Waals surface area contributed by atoms with Gasteiger partial charge in [-0.05, 0) is 30.4 Å². The Hall–Kier alpha value is -1.61. The molecule has 1 aliphatic carbocycles. The number of aryl methyl sites for hydroxylation is 2. The highest BCUT2D eigenvalue weighted by Gasteiger charge is 2.17. The standard InChI is InChI=1S/C15H19N3/c1-18-11-12(10-17-18)9-16-15-7-6-13-4-2-3-5-14(13)8-15/h2-5,10-11,15-16H,6-9H2,1H3. The maximum Gasteiger partial charge on any atom is 0.0534 e. The third-order valence-electron chi connectivity index (χ3n) is 3.70. The van der Waals surface area contributed by atoms with Gasteiger partial charge in [0.15, 0.2) is 0 Å². The summed E-state index contributed by atoms with van der Waals surface area (Å²) < 4.78 is 1.85. The highest BCUT2D eigenvalue weighted by Crippen LogP contribution is 2.21. The van der Waals surface area contributed by atoms with Gasteiger partial charge in [0.1, 0.15) is 0 Å². The maximum atomic E-state index is 4.19. The van der Waals surface area contributed by atoms with Crippen molar-refractivity contribution in [2.24, 2.45) is 7.05 Å². The number of nitrogens with zero attached hydrogens (tertiary/aromatic N) is 2. The van der Waals surface area contributed by atoms with E-state index in [9.17, 15) is 0 Å². The molecule has 1 heterocycles. The normalized spacial score (nSPS) is 18.6. The molecule has 0 fully saturated rings. The predicted molar refractivity (Wildman–Crippen MR) is 72.3 cm³/mol. The van der Waals surface area contributed by atoms with E-state index >= 15 is 0 Å². The van der Waals surface area contributed by atoms with E-state index < -0.39 is 0 Å². The van der Waals surface area contributed by atoms with Crippen molar-refractivity contribution in [1.29, 1.82) is 0 Å². The summed E-state index contributed by atoms with van der Waals surface area (Å²) in [5.41, 5.74) is 4.29. The first-order chi connectivity index (χ1) is 8.81. The molecule has 94 valence electrons. The van der Waals surface area contributed by atoms with Crippen LogP contribution < -0.4 is 5.32 Å². The van der Waals surface area contributed by atoms with Gasteiger partial charge in [-0.15, -0.1) is 0 Å². The summed E-state index contributed by atoms with van der Waals surface area (Å²) in [7, 11) is 1.96. The molecule has 3 nitrogen and oxygen atoms in total. The summed E-state index contributed by atoms with van der Waals surface area (Å²) in [4.78, 5) is 0. The molecule has 1 unspecified atom stereocenters. The second-order valence-electron chi connectivity index (χ2n) is 5.11. The van der Waals surface area contributed by atoms with Crippen LogP contribution in [0.2, 0.25) is 0 Å². The van der Waals surface area contributed by atoms with Gasteiger partial charge in [-0.25, -0.2) is 0 Å². The molecule has 0 aliphatic heterocycles. The lowest BCUT2D eigenvalue weighted by molar-refractivity contribution is 0.457. The van der Waals surface area contributed by atoms with Crippen LogP contribution in [0, 0.1) is 0 Å². The van der Waals surface area contributed by atoms with Crippen LogP contribution in [0.15, 0.2) is 36.7 Å². The second kappa shape index (κ2) is 4.94. The van der Waals surface area contributed by atoms with Crippen molar-refractivity contribution in [2.45, 2.75) is 31.8 Å². The molecule has 0 amide bonds. The van der Waals surface area contributed by atoms with Crippen molar-refractivity contribution in [1.82, 2.24) is 15.1 Å². The van der Waals surface area contributed by atoms with Crippen molar-refractivity contribution in [3.8, 4) is 0 Å². The zero-order chi connectivity index (χ0) is 12.4. The first kappa shape index (κ1) is 11.5. The molecule has 0 saturated heterocycles. The summed E-state index contributed by atoms with van der Waals surface area (Å²) in [6.45, 7) is 0.917. The van der Waals surface area contributed by atoms with Gasteiger partial charge < -0.3 is 5.32 Å². The molecule has 18 heavy (non-hydrogen) atoms. The Morgan fingerprint density at radius 3 is 2.94 bits per heavy atom. The number of rotatable bonds is 3. The Balaban J connectivity index is 1.59. The quantitative estimate of drug-likeness (QED) is 0.891. The Bertz CT molecular complexity index is 530. The number of hydrogen-bond donors (Lipinski definition) is 1. The minimum Gasteiger partial charge on any atom is -0.309 e. The van der Waals surface area contributed by atoms with Crippen molar-refractivity contribution in [3.63, 3.8) is 0 Å². The van der Waals surface area contributed by atoms with Crippen LogP contribution >= 0.6 is 0 Å². The largest absolute Gasteiger partial charge is 0.309 e. The minimum absolute atomic E-state index is 0.597. The van der Waals surface area contributed by atoms with E-state index in [1.807, 2.05) is 17.9 Å². The Morgan fingerprint density at radius 2 is 2.17 bits per heavy atom. The molecular weight excluding hydrogens is 222 g/mol. The van der Waals surface area contributed by atoms with Gasteiger partial charge in [0.25, 0.3) is 0 Å². The van der Waals surface area contributed by atoms with E-state index in [0.29, 0.717) is 6.04 Å². The summed E-state index contributed by atoms with van der Waals surface area (Å²) in [6, 6.07) is 9.39. The summed E-state index contributed by atoms with van der Waals surface area (Å²) in [5.74, 6) is 0. The van der Waals surface area contributed by atoms with Gasteiger partial charge in [-0.2, -0.15) is 5.10 Å². The molecule has 0 spiro atoms. The Kier molecular flexibility index (Phi) is 3.15. The molecule has 3 heteroatoms.